The molecule has 0 atom stereocenters. The Hall–Kier alpha value is -0.440. The van der Waals surface area contributed by atoms with Gasteiger partial charge >= 0.3 is 0 Å². The molecule has 0 fully saturated rings. The molecule has 0 saturated heterocycles. The minimum Gasteiger partial charge on any atom is -0.494 e. The molecule has 1 aromatic rings. The number of aromatic hydroxyl groups is 1. The third-order valence-electron chi connectivity index (χ3n) is 1.62. The molecule has 0 saturated carbocycles. The van der Waals surface area contributed by atoms with Gasteiger partial charge in [-0.2, -0.15) is 0 Å². The van der Waals surface area contributed by atoms with Crippen LogP contribution in [-0.2, 0) is 5.41 Å². The third-order valence-corrected chi connectivity index (χ3v) is 2.20. The van der Waals surface area contributed by atoms with Gasteiger partial charge in [0.2, 0.25) is 5.88 Å². The van der Waals surface area contributed by atoms with Gasteiger partial charge in [0.1, 0.15) is 0 Å². The van der Waals surface area contributed by atoms with Gasteiger partial charge in [0.05, 0.1) is 16.1 Å². The quantitative estimate of drug-likeness (QED) is 0.711. The molecule has 3 heteroatoms. The van der Waals surface area contributed by atoms with Crippen molar-refractivity contribution in [2.24, 2.45) is 0 Å². The first-order chi connectivity index (χ1) is 4.93. The van der Waals surface area contributed by atoms with Gasteiger partial charge in [-0.05, 0) is 11.5 Å². The molecule has 1 rings (SSSR count). The average Bonchev–Trinajstić information content (AvgIpc) is 2.11. The maximum atomic E-state index is 9.49. The molecule has 0 bridgehead atoms. The molecule has 62 valence electrons. The van der Waals surface area contributed by atoms with E-state index in [4.69, 9.17) is 0 Å². The van der Waals surface area contributed by atoms with E-state index >= 15 is 0 Å². The Morgan fingerprint density at radius 1 is 1.45 bits per heavy atom. The summed E-state index contributed by atoms with van der Waals surface area (Å²) in [7, 11) is 0. The van der Waals surface area contributed by atoms with Crippen LogP contribution in [0.25, 0.3) is 0 Å². The molecular weight excluding hydrogens is 206 g/mol. The number of rotatable bonds is 0. The molecule has 1 N–H and O–H groups in total. The van der Waals surface area contributed by atoms with Crippen LogP contribution < -0.4 is 0 Å². The van der Waals surface area contributed by atoms with Crippen molar-refractivity contribution >= 4 is 16.1 Å². The highest BCUT2D eigenvalue weighted by Gasteiger charge is 2.19. The number of halogens is 1. The molecule has 0 aliphatic carbocycles. The molecule has 0 aliphatic rings. The minimum absolute atomic E-state index is 0.00308. The van der Waals surface area contributed by atoms with Crippen molar-refractivity contribution in [2.75, 3.05) is 0 Å². The minimum atomic E-state index is 0.00308. The Balaban J connectivity index is 3.15. The van der Waals surface area contributed by atoms with E-state index in [1.165, 1.54) is 3.59 Å². The predicted molar refractivity (Wildman–Crippen MR) is 49.1 cm³/mol. The molecule has 0 aliphatic heterocycles. The summed E-state index contributed by atoms with van der Waals surface area (Å²) in [5.41, 5.74) is 0.956. The standard InChI is InChI=1S/C8H12BrNO/c1-8(2,3)6-4-5-10(9)7(6)11/h4-5,11H,1-3H3. The van der Waals surface area contributed by atoms with Gasteiger partial charge < -0.3 is 5.11 Å². The van der Waals surface area contributed by atoms with E-state index < -0.39 is 0 Å². The van der Waals surface area contributed by atoms with Crippen LogP contribution in [0.2, 0.25) is 0 Å². The molecule has 2 nitrogen and oxygen atoms in total. The fraction of sp³-hybridized carbons (Fsp3) is 0.500. The van der Waals surface area contributed by atoms with Crippen molar-refractivity contribution in [1.82, 2.24) is 3.59 Å². The Kier molecular flexibility index (Phi) is 2.01. The average molecular weight is 218 g/mol. The SMILES string of the molecule is CC(C)(C)c1ccn(Br)c1O. The molecule has 1 heterocycles. The summed E-state index contributed by atoms with van der Waals surface area (Å²) in [5.74, 6) is 0.289. The van der Waals surface area contributed by atoms with Gasteiger partial charge in [0.15, 0.2) is 0 Å². The molecule has 0 radical (unpaired) electrons. The van der Waals surface area contributed by atoms with Crippen LogP contribution in [0.5, 0.6) is 5.88 Å². The highest BCUT2D eigenvalue weighted by atomic mass is 79.9. The first kappa shape index (κ1) is 8.65. The van der Waals surface area contributed by atoms with E-state index in [0.717, 1.165) is 5.56 Å². The predicted octanol–water partition coefficient (Wildman–Crippen LogP) is 2.65. The summed E-state index contributed by atoms with van der Waals surface area (Å²) in [4.78, 5) is 0. The van der Waals surface area contributed by atoms with E-state index in [9.17, 15) is 5.11 Å². The molecule has 0 amide bonds. The van der Waals surface area contributed by atoms with Gasteiger partial charge in [0, 0.05) is 11.8 Å². The molecule has 0 aromatic carbocycles. The summed E-state index contributed by atoms with van der Waals surface area (Å²) in [6, 6.07) is 1.91. The van der Waals surface area contributed by atoms with E-state index in [1.54, 1.807) is 6.20 Å². The fourth-order valence-electron chi connectivity index (χ4n) is 0.986. The van der Waals surface area contributed by atoms with Crippen molar-refractivity contribution < 1.29 is 5.11 Å². The van der Waals surface area contributed by atoms with Crippen molar-refractivity contribution in [1.29, 1.82) is 0 Å². The van der Waals surface area contributed by atoms with Gasteiger partial charge in [-0.25, -0.2) is 0 Å². The first-order valence-electron chi connectivity index (χ1n) is 3.50. The lowest BCUT2D eigenvalue weighted by molar-refractivity contribution is 0.429. The lowest BCUT2D eigenvalue weighted by atomic mass is 9.89. The second-order valence-electron chi connectivity index (χ2n) is 3.61. The van der Waals surface area contributed by atoms with Gasteiger partial charge in [0.25, 0.3) is 0 Å². The monoisotopic (exact) mass is 217 g/mol. The van der Waals surface area contributed by atoms with Gasteiger partial charge in [-0.15, -0.1) is 0 Å². The summed E-state index contributed by atoms with van der Waals surface area (Å²) < 4.78 is 1.54. The summed E-state index contributed by atoms with van der Waals surface area (Å²) in [6.07, 6.45) is 1.79. The normalized spacial score (nSPS) is 12.0. The zero-order valence-electron chi connectivity index (χ0n) is 6.93. The van der Waals surface area contributed by atoms with Crippen molar-refractivity contribution in [3.63, 3.8) is 0 Å². The number of nitrogens with zero attached hydrogens (tertiary/aromatic N) is 1. The Morgan fingerprint density at radius 3 is 2.18 bits per heavy atom. The topological polar surface area (TPSA) is 25.2 Å². The van der Waals surface area contributed by atoms with Crippen molar-refractivity contribution in [2.45, 2.75) is 26.2 Å². The van der Waals surface area contributed by atoms with Crippen LogP contribution in [0.3, 0.4) is 0 Å². The van der Waals surface area contributed by atoms with Crippen LogP contribution in [-0.4, -0.2) is 8.70 Å². The maximum Gasteiger partial charge on any atom is 0.205 e. The molecule has 0 unspecified atom stereocenters. The maximum absolute atomic E-state index is 9.49. The van der Waals surface area contributed by atoms with Crippen LogP contribution in [0, 0.1) is 0 Å². The fourth-order valence-corrected chi connectivity index (χ4v) is 1.29. The lowest BCUT2D eigenvalue weighted by Crippen LogP contribution is -2.09. The van der Waals surface area contributed by atoms with Crippen LogP contribution in [0.4, 0.5) is 0 Å². The number of aromatic nitrogens is 1. The summed E-state index contributed by atoms with van der Waals surface area (Å²) in [6.45, 7) is 6.19. The Morgan fingerprint density at radius 2 is 2.00 bits per heavy atom. The molecule has 11 heavy (non-hydrogen) atoms. The summed E-state index contributed by atoms with van der Waals surface area (Å²) in [5, 5.41) is 9.49. The first-order valence-corrected chi connectivity index (χ1v) is 4.21. The second kappa shape index (κ2) is 2.55. The van der Waals surface area contributed by atoms with Crippen LogP contribution in [0.1, 0.15) is 26.3 Å². The Labute approximate surface area is 75.2 Å². The zero-order valence-corrected chi connectivity index (χ0v) is 8.51. The largest absolute Gasteiger partial charge is 0.494 e. The van der Waals surface area contributed by atoms with E-state index in [0.29, 0.717) is 0 Å². The Bertz CT molecular complexity index is 260. The highest BCUT2D eigenvalue weighted by molar-refractivity contribution is 9.08. The number of hydrogen-bond donors (Lipinski definition) is 1. The number of hydrogen-bond acceptors (Lipinski definition) is 1. The van der Waals surface area contributed by atoms with Crippen molar-refractivity contribution in [3.8, 4) is 5.88 Å². The molecule has 1 aromatic heterocycles. The van der Waals surface area contributed by atoms with Gasteiger partial charge in [-0.3, -0.25) is 3.59 Å². The highest BCUT2D eigenvalue weighted by Crippen LogP contribution is 2.32. The van der Waals surface area contributed by atoms with E-state index in [2.05, 4.69) is 36.9 Å². The zero-order chi connectivity index (χ0) is 8.65. The smallest absolute Gasteiger partial charge is 0.205 e. The van der Waals surface area contributed by atoms with E-state index in [-0.39, 0.29) is 11.3 Å². The lowest BCUT2D eigenvalue weighted by Gasteiger charge is -2.16. The third kappa shape index (κ3) is 1.59. The van der Waals surface area contributed by atoms with Crippen LogP contribution >= 0.6 is 16.1 Å². The van der Waals surface area contributed by atoms with Gasteiger partial charge in [-0.1, -0.05) is 20.8 Å². The van der Waals surface area contributed by atoms with Crippen LogP contribution in [0.15, 0.2) is 12.3 Å². The second-order valence-corrected chi connectivity index (χ2v) is 4.38. The van der Waals surface area contributed by atoms with Crippen molar-refractivity contribution in [3.05, 3.63) is 17.8 Å². The molecule has 0 spiro atoms. The molecular formula is C8H12BrNO. The van der Waals surface area contributed by atoms with E-state index in [1.807, 2.05) is 6.07 Å². The summed E-state index contributed by atoms with van der Waals surface area (Å²) >= 11 is 3.18.